The lowest BCUT2D eigenvalue weighted by atomic mass is 10.0. The van der Waals surface area contributed by atoms with Crippen LogP contribution in [0.25, 0.3) is 0 Å². The summed E-state index contributed by atoms with van der Waals surface area (Å²) in [4.78, 5) is 26.9. The normalized spacial score (nSPS) is 29.2. The molecule has 6 heteroatoms. The maximum atomic E-state index is 12.4. The zero-order valence-electron chi connectivity index (χ0n) is 10.7. The number of likely N-dealkylation sites (tertiary alicyclic amines) is 1. The third kappa shape index (κ3) is 2.91. The largest absolute Gasteiger partial charge is 0.480 e. The molecule has 1 N–H and O–H groups in total. The first kappa shape index (κ1) is 13.5. The highest BCUT2D eigenvalue weighted by atomic mass is 32.2. The maximum Gasteiger partial charge on any atom is 0.327 e. The van der Waals surface area contributed by atoms with Crippen LogP contribution in [-0.4, -0.2) is 64.1 Å². The lowest BCUT2D eigenvalue weighted by Gasteiger charge is -2.39. The summed E-state index contributed by atoms with van der Waals surface area (Å²) in [6.45, 7) is 4.21. The molecule has 2 fully saturated rings. The molecule has 2 aliphatic heterocycles. The Kier molecular flexibility index (Phi) is 4.37. The van der Waals surface area contributed by atoms with Gasteiger partial charge in [-0.1, -0.05) is 6.92 Å². The van der Waals surface area contributed by atoms with Gasteiger partial charge in [0, 0.05) is 31.1 Å². The zero-order chi connectivity index (χ0) is 13.1. The number of carboxylic acids is 1. The minimum Gasteiger partial charge on any atom is -0.480 e. The number of rotatable bonds is 1. The molecule has 0 aromatic rings. The summed E-state index contributed by atoms with van der Waals surface area (Å²) in [5.74, 6) is 0.967. The van der Waals surface area contributed by atoms with Crippen LogP contribution in [0, 0.1) is 5.92 Å². The molecule has 0 spiro atoms. The number of carboxylic acid groups (broad SMARTS) is 1. The molecule has 0 aromatic carbocycles. The SMILES string of the molecule is CC1CCCN(C(=O)N2CCSCC2C(=O)O)C1. The second kappa shape index (κ2) is 5.82. The first-order valence-corrected chi connectivity index (χ1v) is 7.61. The molecule has 2 heterocycles. The molecule has 18 heavy (non-hydrogen) atoms. The van der Waals surface area contributed by atoms with Gasteiger partial charge in [0.15, 0.2) is 0 Å². The Hall–Kier alpha value is -0.910. The van der Waals surface area contributed by atoms with Crippen LogP contribution in [-0.2, 0) is 4.79 Å². The van der Waals surface area contributed by atoms with Gasteiger partial charge < -0.3 is 14.9 Å². The minimum absolute atomic E-state index is 0.0887. The van der Waals surface area contributed by atoms with Crippen LogP contribution < -0.4 is 0 Å². The average molecular weight is 272 g/mol. The van der Waals surface area contributed by atoms with E-state index in [1.807, 2.05) is 4.90 Å². The number of thioether (sulfide) groups is 1. The van der Waals surface area contributed by atoms with E-state index in [9.17, 15) is 14.7 Å². The van der Waals surface area contributed by atoms with Gasteiger partial charge in [0.05, 0.1) is 0 Å². The molecule has 0 aromatic heterocycles. The van der Waals surface area contributed by atoms with Crippen molar-refractivity contribution in [2.24, 2.45) is 5.92 Å². The predicted octanol–water partition coefficient (Wildman–Crippen LogP) is 1.34. The molecule has 2 amide bonds. The molecular formula is C12H20N2O3S. The van der Waals surface area contributed by atoms with Crippen LogP contribution >= 0.6 is 11.8 Å². The van der Waals surface area contributed by atoms with Gasteiger partial charge in [-0.2, -0.15) is 11.8 Å². The van der Waals surface area contributed by atoms with Crippen molar-refractivity contribution < 1.29 is 14.7 Å². The van der Waals surface area contributed by atoms with Crippen molar-refractivity contribution in [3.05, 3.63) is 0 Å². The number of urea groups is 1. The standard InChI is InChI=1S/C12H20N2O3S/c1-9-3-2-4-13(7-9)12(17)14-5-6-18-8-10(14)11(15)16/h9-10H,2-8H2,1H3,(H,15,16). The van der Waals surface area contributed by atoms with E-state index in [-0.39, 0.29) is 6.03 Å². The van der Waals surface area contributed by atoms with E-state index in [2.05, 4.69) is 6.92 Å². The fraction of sp³-hybridized carbons (Fsp3) is 0.833. The highest BCUT2D eigenvalue weighted by molar-refractivity contribution is 7.99. The average Bonchev–Trinajstić information content (AvgIpc) is 2.38. The van der Waals surface area contributed by atoms with Crippen LogP contribution in [0.1, 0.15) is 19.8 Å². The monoisotopic (exact) mass is 272 g/mol. The summed E-state index contributed by atoms with van der Waals surface area (Å²) in [6.07, 6.45) is 2.18. The number of hydrogen-bond acceptors (Lipinski definition) is 3. The van der Waals surface area contributed by atoms with Crippen molar-refractivity contribution >= 4 is 23.8 Å². The molecule has 0 saturated carbocycles. The van der Waals surface area contributed by atoms with E-state index >= 15 is 0 Å². The minimum atomic E-state index is -0.888. The van der Waals surface area contributed by atoms with E-state index in [4.69, 9.17) is 0 Å². The van der Waals surface area contributed by atoms with Crippen LogP contribution in [0.15, 0.2) is 0 Å². The topological polar surface area (TPSA) is 60.9 Å². The molecule has 2 atom stereocenters. The molecular weight excluding hydrogens is 252 g/mol. The third-order valence-corrected chi connectivity index (χ3v) is 4.61. The Morgan fingerprint density at radius 2 is 2.11 bits per heavy atom. The van der Waals surface area contributed by atoms with Gasteiger partial charge in [0.1, 0.15) is 6.04 Å². The number of hydrogen-bond donors (Lipinski definition) is 1. The Morgan fingerprint density at radius 1 is 1.33 bits per heavy atom. The van der Waals surface area contributed by atoms with Gasteiger partial charge in [-0.15, -0.1) is 0 Å². The van der Waals surface area contributed by atoms with Crippen LogP contribution in [0.5, 0.6) is 0 Å². The fourth-order valence-electron chi connectivity index (χ4n) is 2.58. The van der Waals surface area contributed by atoms with Crippen LogP contribution in [0.2, 0.25) is 0 Å². The van der Waals surface area contributed by atoms with Crippen molar-refractivity contribution in [1.82, 2.24) is 9.80 Å². The summed E-state index contributed by atoms with van der Waals surface area (Å²) in [5.41, 5.74) is 0. The predicted molar refractivity (Wildman–Crippen MR) is 70.8 cm³/mol. The molecule has 2 rings (SSSR count). The lowest BCUT2D eigenvalue weighted by molar-refractivity contribution is -0.141. The van der Waals surface area contributed by atoms with Crippen LogP contribution in [0.3, 0.4) is 0 Å². The Morgan fingerprint density at radius 3 is 2.78 bits per heavy atom. The fourth-order valence-corrected chi connectivity index (χ4v) is 3.62. The molecule has 2 aliphatic rings. The van der Waals surface area contributed by atoms with E-state index in [0.717, 1.165) is 31.7 Å². The first-order valence-electron chi connectivity index (χ1n) is 6.45. The van der Waals surface area contributed by atoms with Crippen molar-refractivity contribution in [3.8, 4) is 0 Å². The quantitative estimate of drug-likeness (QED) is 0.782. The zero-order valence-corrected chi connectivity index (χ0v) is 11.5. The summed E-state index contributed by atoms with van der Waals surface area (Å²) in [6, 6.07) is -0.747. The number of aliphatic carboxylic acids is 1. The van der Waals surface area contributed by atoms with Gasteiger partial charge in [-0.3, -0.25) is 0 Å². The first-order chi connectivity index (χ1) is 8.59. The van der Waals surface area contributed by atoms with E-state index < -0.39 is 12.0 Å². The van der Waals surface area contributed by atoms with Gasteiger partial charge in [-0.25, -0.2) is 9.59 Å². The summed E-state index contributed by atoms with van der Waals surface area (Å²) in [7, 11) is 0. The number of piperidine rings is 1. The van der Waals surface area contributed by atoms with Gasteiger partial charge in [0.2, 0.25) is 0 Å². The Bertz CT molecular complexity index is 337. The molecule has 0 aliphatic carbocycles. The highest BCUT2D eigenvalue weighted by Crippen LogP contribution is 2.22. The van der Waals surface area contributed by atoms with Crippen molar-refractivity contribution in [3.63, 3.8) is 0 Å². The smallest absolute Gasteiger partial charge is 0.327 e. The molecule has 0 bridgehead atoms. The van der Waals surface area contributed by atoms with Gasteiger partial charge in [0.25, 0.3) is 0 Å². The molecule has 5 nitrogen and oxygen atoms in total. The summed E-state index contributed by atoms with van der Waals surface area (Å²) in [5, 5.41) is 9.18. The number of amides is 2. The van der Waals surface area contributed by atoms with E-state index in [1.165, 1.54) is 4.90 Å². The third-order valence-electron chi connectivity index (χ3n) is 3.59. The number of carbonyl (C=O) groups excluding carboxylic acids is 1. The van der Waals surface area contributed by atoms with Gasteiger partial charge >= 0.3 is 12.0 Å². The Labute approximate surface area is 112 Å². The Balaban J connectivity index is 2.03. The van der Waals surface area contributed by atoms with E-state index in [1.54, 1.807) is 11.8 Å². The van der Waals surface area contributed by atoms with Crippen LogP contribution in [0.4, 0.5) is 4.79 Å². The van der Waals surface area contributed by atoms with Crippen molar-refractivity contribution in [1.29, 1.82) is 0 Å². The maximum absolute atomic E-state index is 12.4. The number of carbonyl (C=O) groups is 2. The lowest BCUT2D eigenvalue weighted by Crippen LogP contribution is -2.56. The van der Waals surface area contributed by atoms with Crippen molar-refractivity contribution in [2.75, 3.05) is 31.1 Å². The molecule has 2 saturated heterocycles. The molecule has 2 unspecified atom stereocenters. The van der Waals surface area contributed by atoms with Gasteiger partial charge in [-0.05, 0) is 18.8 Å². The van der Waals surface area contributed by atoms with Crippen molar-refractivity contribution in [2.45, 2.75) is 25.8 Å². The summed E-state index contributed by atoms with van der Waals surface area (Å²) >= 11 is 1.61. The second-order valence-corrected chi connectivity index (χ2v) is 6.25. The number of nitrogens with zero attached hydrogens (tertiary/aromatic N) is 2. The summed E-state index contributed by atoms with van der Waals surface area (Å²) < 4.78 is 0. The molecule has 102 valence electrons. The highest BCUT2D eigenvalue weighted by Gasteiger charge is 2.35. The molecule has 0 radical (unpaired) electrons. The second-order valence-electron chi connectivity index (χ2n) is 5.10. The van der Waals surface area contributed by atoms with E-state index in [0.29, 0.717) is 18.2 Å².